The number of benzene rings is 1. The Labute approximate surface area is 189 Å². The average molecular weight is 467 g/mol. The lowest BCUT2D eigenvalue weighted by molar-refractivity contribution is 0.0936. The first kappa shape index (κ1) is 20.8. The third-order valence-electron chi connectivity index (χ3n) is 4.80. The highest BCUT2D eigenvalue weighted by Gasteiger charge is 2.24. The van der Waals surface area contributed by atoms with Gasteiger partial charge in [-0.3, -0.25) is 9.78 Å². The van der Waals surface area contributed by atoms with Crippen molar-refractivity contribution < 1.29 is 18.1 Å². The number of nitrogens with zero attached hydrogens (tertiary/aromatic N) is 6. The summed E-state index contributed by atoms with van der Waals surface area (Å²) in [6.45, 7) is 3.40. The van der Waals surface area contributed by atoms with E-state index in [0.29, 0.717) is 26.7 Å². The Hall–Kier alpha value is -4.06. The lowest BCUT2D eigenvalue weighted by atomic mass is 10.1. The summed E-state index contributed by atoms with van der Waals surface area (Å²) in [5.41, 5.74) is 0.354. The SMILES string of the molecule is Cc1noc([C@@H](C)NC(=O)c2cc3c(-c4ccc(F)cc4F)nn(-c4cnccn4)c3s2)n1. The van der Waals surface area contributed by atoms with E-state index in [-0.39, 0.29) is 23.1 Å². The molecular weight excluding hydrogens is 452 g/mol. The molecule has 0 spiro atoms. The van der Waals surface area contributed by atoms with E-state index in [9.17, 15) is 13.6 Å². The Bertz CT molecular complexity index is 1480. The van der Waals surface area contributed by atoms with Crippen molar-refractivity contribution in [2.24, 2.45) is 0 Å². The van der Waals surface area contributed by atoms with Crippen molar-refractivity contribution in [1.29, 1.82) is 0 Å². The number of nitrogens with one attached hydrogen (secondary N) is 1. The molecule has 4 heterocycles. The fourth-order valence-corrected chi connectivity index (χ4v) is 4.30. The van der Waals surface area contributed by atoms with Gasteiger partial charge in [0.25, 0.3) is 5.91 Å². The van der Waals surface area contributed by atoms with Crippen LogP contribution in [0.5, 0.6) is 0 Å². The molecule has 1 aromatic carbocycles. The second kappa shape index (κ2) is 8.13. The smallest absolute Gasteiger partial charge is 0.262 e. The molecule has 0 aliphatic carbocycles. The molecule has 0 aliphatic heterocycles. The average Bonchev–Trinajstić information content (AvgIpc) is 3.50. The van der Waals surface area contributed by atoms with E-state index in [1.54, 1.807) is 19.9 Å². The number of aryl methyl sites for hydroxylation is 1. The predicted octanol–water partition coefficient (Wildman–Crippen LogP) is 4.00. The maximum Gasteiger partial charge on any atom is 0.262 e. The van der Waals surface area contributed by atoms with Crippen LogP contribution < -0.4 is 5.32 Å². The highest BCUT2D eigenvalue weighted by atomic mass is 32.1. The Morgan fingerprint density at radius 2 is 2.09 bits per heavy atom. The van der Waals surface area contributed by atoms with Gasteiger partial charge in [0.2, 0.25) is 5.89 Å². The zero-order chi connectivity index (χ0) is 23.1. The minimum absolute atomic E-state index is 0.100. The number of hydrogen-bond donors (Lipinski definition) is 1. The lowest BCUT2D eigenvalue weighted by Crippen LogP contribution is -2.26. The third-order valence-corrected chi connectivity index (χ3v) is 5.91. The van der Waals surface area contributed by atoms with E-state index in [0.717, 1.165) is 23.5 Å². The zero-order valence-corrected chi connectivity index (χ0v) is 18.1. The van der Waals surface area contributed by atoms with Gasteiger partial charge >= 0.3 is 0 Å². The Kier molecular flexibility index (Phi) is 5.13. The van der Waals surface area contributed by atoms with E-state index >= 15 is 0 Å². The second-order valence-electron chi connectivity index (χ2n) is 7.15. The van der Waals surface area contributed by atoms with Crippen LogP contribution in [0.4, 0.5) is 8.78 Å². The van der Waals surface area contributed by atoms with Crippen LogP contribution in [0.3, 0.4) is 0 Å². The molecule has 33 heavy (non-hydrogen) atoms. The number of aromatic nitrogens is 6. The molecule has 1 atom stereocenters. The molecule has 0 radical (unpaired) electrons. The molecule has 0 fully saturated rings. The zero-order valence-electron chi connectivity index (χ0n) is 17.3. The minimum Gasteiger partial charge on any atom is -0.340 e. The van der Waals surface area contributed by atoms with Gasteiger partial charge < -0.3 is 9.84 Å². The molecule has 12 heteroatoms. The van der Waals surface area contributed by atoms with Crippen LogP contribution in [0, 0.1) is 18.6 Å². The lowest BCUT2D eigenvalue weighted by Gasteiger charge is -2.08. The Balaban J connectivity index is 1.59. The van der Waals surface area contributed by atoms with E-state index in [2.05, 4.69) is 30.5 Å². The van der Waals surface area contributed by atoms with Crippen molar-refractivity contribution >= 4 is 27.5 Å². The Morgan fingerprint density at radius 1 is 1.24 bits per heavy atom. The van der Waals surface area contributed by atoms with E-state index < -0.39 is 17.7 Å². The number of thiophene rings is 1. The number of carbonyl (C=O) groups excluding carboxylic acids is 1. The van der Waals surface area contributed by atoms with Crippen LogP contribution in [0.25, 0.3) is 27.3 Å². The van der Waals surface area contributed by atoms with E-state index in [1.807, 2.05) is 0 Å². The number of fused-ring (bicyclic) bond motifs is 1. The van der Waals surface area contributed by atoms with Gasteiger partial charge in [-0.1, -0.05) is 5.16 Å². The molecule has 0 unspecified atom stereocenters. The van der Waals surface area contributed by atoms with Crippen molar-refractivity contribution in [2.45, 2.75) is 19.9 Å². The summed E-state index contributed by atoms with van der Waals surface area (Å²) in [6, 6.07) is 4.34. The fraction of sp³-hybridized carbons (Fsp3) is 0.143. The van der Waals surface area contributed by atoms with Gasteiger partial charge in [-0.05, 0) is 32.0 Å². The summed E-state index contributed by atoms with van der Waals surface area (Å²) in [7, 11) is 0. The normalized spacial score (nSPS) is 12.2. The van der Waals surface area contributed by atoms with Gasteiger partial charge in [0.15, 0.2) is 11.6 Å². The van der Waals surface area contributed by atoms with Crippen molar-refractivity contribution in [3.8, 4) is 17.1 Å². The van der Waals surface area contributed by atoms with Gasteiger partial charge in [-0.15, -0.1) is 11.3 Å². The molecule has 9 nitrogen and oxygen atoms in total. The first-order valence-electron chi connectivity index (χ1n) is 9.76. The number of hydrogen-bond acceptors (Lipinski definition) is 8. The van der Waals surface area contributed by atoms with Crippen LogP contribution in [0.1, 0.15) is 34.4 Å². The number of rotatable bonds is 5. The summed E-state index contributed by atoms with van der Waals surface area (Å²) in [5, 5.41) is 11.5. The third kappa shape index (κ3) is 3.84. The van der Waals surface area contributed by atoms with Gasteiger partial charge in [-0.2, -0.15) is 10.1 Å². The molecule has 0 saturated heterocycles. The fourth-order valence-electron chi connectivity index (χ4n) is 3.27. The number of halogens is 2. The quantitative estimate of drug-likeness (QED) is 0.416. The molecule has 1 N–H and O–H groups in total. The van der Waals surface area contributed by atoms with Crippen molar-refractivity contribution in [3.05, 3.63) is 71.1 Å². The summed E-state index contributed by atoms with van der Waals surface area (Å²) in [6.07, 6.45) is 4.51. The molecule has 4 aromatic heterocycles. The topological polar surface area (TPSA) is 112 Å². The Morgan fingerprint density at radius 3 is 2.79 bits per heavy atom. The largest absolute Gasteiger partial charge is 0.340 e. The highest BCUT2D eigenvalue weighted by Crippen LogP contribution is 2.36. The maximum absolute atomic E-state index is 14.6. The molecular formula is C21H15F2N7O2S. The van der Waals surface area contributed by atoms with Crippen molar-refractivity contribution in [1.82, 2.24) is 35.2 Å². The molecule has 5 rings (SSSR count). The molecule has 0 bridgehead atoms. The van der Waals surface area contributed by atoms with Crippen LogP contribution in [-0.4, -0.2) is 35.8 Å². The van der Waals surface area contributed by atoms with Crippen LogP contribution in [0.15, 0.2) is 47.4 Å². The maximum atomic E-state index is 14.6. The number of amides is 1. The first-order valence-corrected chi connectivity index (χ1v) is 10.6. The second-order valence-corrected chi connectivity index (χ2v) is 8.18. The molecule has 0 saturated carbocycles. The van der Waals surface area contributed by atoms with Crippen molar-refractivity contribution in [3.63, 3.8) is 0 Å². The molecule has 5 aromatic rings. The molecule has 166 valence electrons. The number of carbonyl (C=O) groups is 1. The van der Waals surface area contributed by atoms with Crippen molar-refractivity contribution in [2.75, 3.05) is 0 Å². The minimum atomic E-state index is -0.765. The monoisotopic (exact) mass is 467 g/mol. The standard InChI is InChI=1S/C21H15F2N7O2S/c1-10(20-27-11(2)29-32-20)26-19(31)16-8-14-18(13-4-3-12(22)7-15(13)23)28-30(21(14)33-16)17-9-24-5-6-25-17/h3-10H,1-2H3,(H,26,31)/t10-/m1/s1. The summed E-state index contributed by atoms with van der Waals surface area (Å²) >= 11 is 1.15. The predicted molar refractivity (Wildman–Crippen MR) is 115 cm³/mol. The van der Waals surface area contributed by atoms with E-state index in [1.165, 1.54) is 29.3 Å². The van der Waals surface area contributed by atoms with Gasteiger partial charge in [0, 0.05) is 29.4 Å². The molecule has 0 aliphatic rings. The van der Waals surface area contributed by atoms with Gasteiger partial charge in [-0.25, -0.2) is 18.4 Å². The van der Waals surface area contributed by atoms with Gasteiger partial charge in [0.1, 0.15) is 28.2 Å². The summed E-state index contributed by atoms with van der Waals surface area (Å²) in [5.74, 6) is -0.713. The summed E-state index contributed by atoms with van der Waals surface area (Å²) in [4.78, 5) is 26.3. The van der Waals surface area contributed by atoms with Crippen LogP contribution in [0.2, 0.25) is 0 Å². The van der Waals surface area contributed by atoms with E-state index in [4.69, 9.17) is 4.52 Å². The highest BCUT2D eigenvalue weighted by molar-refractivity contribution is 7.20. The van der Waals surface area contributed by atoms with Gasteiger partial charge in [0.05, 0.1) is 11.1 Å². The first-order chi connectivity index (χ1) is 15.9. The summed E-state index contributed by atoms with van der Waals surface area (Å²) < 4.78 is 34.6. The van der Waals surface area contributed by atoms with Crippen LogP contribution >= 0.6 is 11.3 Å². The molecule has 1 amide bonds. The van der Waals surface area contributed by atoms with Crippen LogP contribution in [-0.2, 0) is 0 Å².